The van der Waals surface area contributed by atoms with Crippen LogP contribution in [-0.4, -0.2) is 53.9 Å². The van der Waals surface area contributed by atoms with E-state index in [1.807, 2.05) is 32.0 Å². The van der Waals surface area contributed by atoms with Crippen LogP contribution in [0.3, 0.4) is 0 Å². The van der Waals surface area contributed by atoms with Gasteiger partial charge in [0.15, 0.2) is 6.10 Å². The summed E-state index contributed by atoms with van der Waals surface area (Å²) < 4.78 is 5.72. The Labute approximate surface area is 170 Å². The molecule has 0 spiro atoms. The van der Waals surface area contributed by atoms with Crippen molar-refractivity contribution in [1.29, 1.82) is 0 Å². The second kappa shape index (κ2) is 8.65. The summed E-state index contributed by atoms with van der Waals surface area (Å²) in [6, 6.07) is 12.7. The maximum atomic E-state index is 12.7. The zero-order chi connectivity index (χ0) is 20.3. The van der Waals surface area contributed by atoms with Gasteiger partial charge in [0, 0.05) is 36.8 Å². The SMILES string of the molecule is Cc1ccc(C(=O)N2CCN(C(=O)C(C)Oc3ccc(Cl)cc3)CC2)cc1C. The summed E-state index contributed by atoms with van der Waals surface area (Å²) in [4.78, 5) is 29.0. The van der Waals surface area contributed by atoms with E-state index in [0.717, 1.165) is 5.56 Å². The maximum Gasteiger partial charge on any atom is 0.263 e. The number of nitrogens with zero attached hydrogens (tertiary/aromatic N) is 2. The molecule has 5 nitrogen and oxygen atoms in total. The van der Waals surface area contributed by atoms with Crippen LogP contribution in [0.1, 0.15) is 28.4 Å². The van der Waals surface area contributed by atoms with Crippen LogP contribution in [0.5, 0.6) is 5.75 Å². The van der Waals surface area contributed by atoms with Crippen LogP contribution in [0.25, 0.3) is 0 Å². The highest BCUT2D eigenvalue weighted by Crippen LogP contribution is 2.18. The molecular formula is C22H25ClN2O3. The normalized spacial score (nSPS) is 15.3. The van der Waals surface area contributed by atoms with Crippen LogP contribution in [0, 0.1) is 13.8 Å². The molecule has 2 amide bonds. The van der Waals surface area contributed by atoms with Gasteiger partial charge in [-0.15, -0.1) is 0 Å². The van der Waals surface area contributed by atoms with E-state index in [0.29, 0.717) is 42.5 Å². The van der Waals surface area contributed by atoms with Gasteiger partial charge in [0.05, 0.1) is 0 Å². The zero-order valence-electron chi connectivity index (χ0n) is 16.4. The van der Waals surface area contributed by atoms with Gasteiger partial charge in [0.1, 0.15) is 5.75 Å². The molecule has 0 N–H and O–H groups in total. The first kappa shape index (κ1) is 20.2. The van der Waals surface area contributed by atoms with Gasteiger partial charge in [-0.05, 0) is 68.3 Å². The topological polar surface area (TPSA) is 49.9 Å². The second-order valence-electron chi connectivity index (χ2n) is 7.13. The van der Waals surface area contributed by atoms with Gasteiger partial charge in [-0.25, -0.2) is 0 Å². The van der Waals surface area contributed by atoms with Crippen molar-refractivity contribution in [3.05, 3.63) is 64.2 Å². The highest BCUT2D eigenvalue weighted by atomic mass is 35.5. The van der Waals surface area contributed by atoms with E-state index in [9.17, 15) is 9.59 Å². The Morgan fingerprint density at radius 3 is 2.14 bits per heavy atom. The summed E-state index contributed by atoms with van der Waals surface area (Å²) in [5, 5.41) is 0.621. The Morgan fingerprint density at radius 1 is 0.929 bits per heavy atom. The number of hydrogen-bond acceptors (Lipinski definition) is 3. The summed E-state index contributed by atoms with van der Waals surface area (Å²) in [5.74, 6) is 0.544. The molecule has 1 aliphatic heterocycles. The van der Waals surface area contributed by atoms with Gasteiger partial charge in [-0.3, -0.25) is 9.59 Å². The number of ether oxygens (including phenoxy) is 1. The molecule has 1 fully saturated rings. The van der Waals surface area contributed by atoms with Gasteiger partial charge in [-0.1, -0.05) is 17.7 Å². The predicted molar refractivity (Wildman–Crippen MR) is 110 cm³/mol. The van der Waals surface area contributed by atoms with Crippen LogP contribution >= 0.6 is 11.6 Å². The molecule has 1 aliphatic rings. The molecular weight excluding hydrogens is 376 g/mol. The zero-order valence-corrected chi connectivity index (χ0v) is 17.2. The van der Waals surface area contributed by atoms with Crippen molar-refractivity contribution >= 4 is 23.4 Å². The van der Waals surface area contributed by atoms with Crippen LogP contribution in [0.2, 0.25) is 5.02 Å². The summed E-state index contributed by atoms with van der Waals surface area (Å²) in [6.45, 7) is 7.82. The summed E-state index contributed by atoms with van der Waals surface area (Å²) >= 11 is 5.87. The quantitative estimate of drug-likeness (QED) is 0.786. The smallest absolute Gasteiger partial charge is 0.263 e. The third-order valence-corrected chi connectivity index (χ3v) is 5.36. The molecule has 0 aliphatic carbocycles. The number of piperazine rings is 1. The Hall–Kier alpha value is -2.53. The van der Waals surface area contributed by atoms with Crippen molar-refractivity contribution in [2.75, 3.05) is 26.2 Å². The number of carbonyl (C=O) groups excluding carboxylic acids is 2. The van der Waals surface area contributed by atoms with Crippen molar-refractivity contribution in [3.8, 4) is 5.75 Å². The highest BCUT2D eigenvalue weighted by Gasteiger charge is 2.28. The summed E-state index contributed by atoms with van der Waals surface area (Å²) in [5.41, 5.74) is 2.97. The van der Waals surface area contributed by atoms with E-state index >= 15 is 0 Å². The molecule has 0 bridgehead atoms. The van der Waals surface area contributed by atoms with E-state index in [1.54, 1.807) is 41.0 Å². The lowest BCUT2D eigenvalue weighted by molar-refractivity contribution is -0.139. The van der Waals surface area contributed by atoms with Crippen LogP contribution in [0.15, 0.2) is 42.5 Å². The van der Waals surface area contributed by atoms with Gasteiger partial charge < -0.3 is 14.5 Å². The minimum Gasteiger partial charge on any atom is -0.481 e. The average molecular weight is 401 g/mol. The van der Waals surface area contributed by atoms with Gasteiger partial charge >= 0.3 is 0 Å². The van der Waals surface area contributed by atoms with Crippen molar-refractivity contribution < 1.29 is 14.3 Å². The Morgan fingerprint density at radius 2 is 1.54 bits per heavy atom. The van der Waals surface area contributed by atoms with Crippen LogP contribution < -0.4 is 4.74 Å². The number of aryl methyl sites for hydroxylation is 2. The third-order valence-electron chi connectivity index (χ3n) is 5.11. The predicted octanol–water partition coefficient (Wildman–Crippen LogP) is 3.71. The molecule has 1 saturated heterocycles. The lowest BCUT2D eigenvalue weighted by Gasteiger charge is -2.36. The van der Waals surface area contributed by atoms with Crippen molar-refractivity contribution in [1.82, 2.24) is 9.80 Å². The van der Waals surface area contributed by atoms with E-state index in [2.05, 4.69) is 0 Å². The first-order valence-corrected chi connectivity index (χ1v) is 9.80. The third kappa shape index (κ3) is 4.65. The molecule has 0 aromatic heterocycles. The number of amides is 2. The molecule has 2 aromatic rings. The fourth-order valence-corrected chi connectivity index (χ4v) is 3.34. The van der Waals surface area contributed by atoms with Gasteiger partial charge in [-0.2, -0.15) is 0 Å². The number of benzene rings is 2. The summed E-state index contributed by atoms with van der Waals surface area (Å²) in [7, 11) is 0. The van der Waals surface area contributed by atoms with E-state index in [-0.39, 0.29) is 11.8 Å². The van der Waals surface area contributed by atoms with Crippen molar-refractivity contribution in [2.24, 2.45) is 0 Å². The molecule has 1 heterocycles. The first-order valence-electron chi connectivity index (χ1n) is 9.42. The number of halogens is 1. The lowest BCUT2D eigenvalue weighted by atomic mass is 10.1. The standard InChI is InChI=1S/C22H25ClN2O3/c1-15-4-5-18(14-16(15)2)22(27)25-12-10-24(11-13-25)21(26)17(3)28-20-8-6-19(23)7-9-20/h4-9,14,17H,10-13H2,1-3H3. The maximum absolute atomic E-state index is 12.7. The van der Waals surface area contributed by atoms with E-state index in [4.69, 9.17) is 16.3 Å². The Bertz CT molecular complexity index is 859. The fourth-order valence-electron chi connectivity index (χ4n) is 3.21. The van der Waals surface area contributed by atoms with Crippen LogP contribution in [-0.2, 0) is 4.79 Å². The Balaban J connectivity index is 1.55. The molecule has 0 saturated carbocycles. The van der Waals surface area contributed by atoms with Crippen molar-refractivity contribution in [3.63, 3.8) is 0 Å². The van der Waals surface area contributed by atoms with E-state index < -0.39 is 6.10 Å². The second-order valence-corrected chi connectivity index (χ2v) is 7.57. The minimum atomic E-state index is -0.594. The van der Waals surface area contributed by atoms with Gasteiger partial charge in [0.25, 0.3) is 11.8 Å². The van der Waals surface area contributed by atoms with E-state index in [1.165, 1.54) is 5.56 Å². The largest absolute Gasteiger partial charge is 0.481 e. The Kier molecular flexibility index (Phi) is 6.25. The molecule has 2 aromatic carbocycles. The molecule has 3 rings (SSSR count). The average Bonchev–Trinajstić information content (AvgIpc) is 2.70. The fraction of sp³-hybridized carbons (Fsp3) is 0.364. The molecule has 28 heavy (non-hydrogen) atoms. The van der Waals surface area contributed by atoms with Crippen molar-refractivity contribution in [2.45, 2.75) is 26.9 Å². The molecule has 148 valence electrons. The molecule has 1 unspecified atom stereocenters. The minimum absolute atomic E-state index is 0.0145. The lowest BCUT2D eigenvalue weighted by Crippen LogP contribution is -2.53. The number of carbonyl (C=O) groups is 2. The molecule has 6 heteroatoms. The molecule has 1 atom stereocenters. The monoisotopic (exact) mass is 400 g/mol. The first-order chi connectivity index (χ1) is 13.3. The van der Waals surface area contributed by atoms with Crippen LogP contribution in [0.4, 0.5) is 0 Å². The number of hydrogen-bond donors (Lipinski definition) is 0. The summed E-state index contributed by atoms with van der Waals surface area (Å²) in [6.07, 6.45) is -0.594. The molecule has 0 radical (unpaired) electrons. The highest BCUT2D eigenvalue weighted by molar-refractivity contribution is 6.30. The number of rotatable bonds is 4. The van der Waals surface area contributed by atoms with Gasteiger partial charge in [0.2, 0.25) is 0 Å².